The molecule has 4 heteroatoms. The van der Waals surface area contributed by atoms with Gasteiger partial charge in [0, 0.05) is 39.3 Å². The summed E-state index contributed by atoms with van der Waals surface area (Å²) in [5, 5.41) is 3.42. The van der Waals surface area contributed by atoms with Gasteiger partial charge in [-0.3, -0.25) is 0 Å². The largest absolute Gasteiger partial charge is 0.380 e. The Morgan fingerprint density at radius 1 is 1.53 bits per heavy atom. The molecule has 1 fully saturated rings. The zero-order chi connectivity index (χ0) is 11.1. The van der Waals surface area contributed by atoms with Gasteiger partial charge in [0.15, 0.2) is 0 Å². The molecule has 0 aromatic carbocycles. The Morgan fingerprint density at radius 2 is 2.33 bits per heavy atom. The van der Waals surface area contributed by atoms with E-state index in [0.717, 1.165) is 32.8 Å². The Labute approximate surface area is 92.3 Å². The molecule has 0 aliphatic carbocycles. The van der Waals surface area contributed by atoms with Gasteiger partial charge in [0.25, 0.3) is 0 Å². The summed E-state index contributed by atoms with van der Waals surface area (Å²) in [7, 11) is 1.75. The van der Waals surface area contributed by atoms with E-state index in [4.69, 9.17) is 14.2 Å². The summed E-state index contributed by atoms with van der Waals surface area (Å²) in [5.74, 6) is 0. The standard InChI is InChI=1S/C11H23NO3/c1-4-14-7-10(2)12-8-11(13-3)5-6-15-9-11/h10,12H,4-9H2,1-3H3. The summed E-state index contributed by atoms with van der Waals surface area (Å²) in [5.41, 5.74) is -0.125. The minimum Gasteiger partial charge on any atom is -0.380 e. The van der Waals surface area contributed by atoms with Crippen LogP contribution in [0.15, 0.2) is 0 Å². The number of methoxy groups -OCH3 is 1. The van der Waals surface area contributed by atoms with E-state index in [9.17, 15) is 0 Å². The van der Waals surface area contributed by atoms with Gasteiger partial charge in [-0.2, -0.15) is 0 Å². The predicted molar refractivity (Wildman–Crippen MR) is 59.1 cm³/mol. The topological polar surface area (TPSA) is 39.7 Å². The molecule has 2 atom stereocenters. The molecule has 2 unspecified atom stereocenters. The van der Waals surface area contributed by atoms with E-state index in [1.165, 1.54) is 0 Å². The van der Waals surface area contributed by atoms with E-state index in [1.54, 1.807) is 7.11 Å². The van der Waals surface area contributed by atoms with Gasteiger partial charge in [-0.25, -0.2) is 0 Å². The monoisotopic (exact) mass is 217 g/mol. The van der Waals surface area contributed by atoms with Crippen LogP contribution in [0, 0.1) is 0 Å². The fourth-order valence-electron chi connectivity index (χ4n) is 1.67. The first kappa shape index (κ1) is 12.9. The van der Waals surface area contributed by atoms with Crippen molar-refractivity contribution in [3.63, 3.8) is 0 Å². The molecule has 0 radical (unpaired) electrons. The van der Waals surface area contributed by atoms with E-state index in [0.29, 0.717) is 12.6 Å². The molecule has 0 bridgehead atoms. The molecule has 1 rings (SSSR count). The quantitative estimate of drug-likeness (QED) is 0.685. The predicted octanol–water partition coefficient (Wildman–Crippen LogP) is 0.806. The Balaban J connectivity index is 2.21. The zero-order valence-electron chi connectivity index (χ0n) is 10.0. The van der Waals surface area contributed by atoms with Crippen molar-refractivity contribution >= 4 is 0 Å². The first-order valence-corrected chi connectivity index (χ1v) is 5.66. The lowest BCUT2D eigenvalue weighted by Crippen LogP contribution is -2.46. The minimum absolute atomic E-state index is 0.125. The summed E-state index contributed by atoms with van der Waals surface area (Å²) in [6.07, 6.45) is 0.970. The Morgan fingerprint density at radius 3 is 2.87 bits per heavy atom. The van der Waals surface area contributed by atoms with Gasteiger partial charge in [-0.1, -0.05) is 0 Å². The fourth-order valence-corrected chi connectivity index (χ4v) is 1.67. The van der Waals surface area contributed by atoms with E-state index >= 15 is 0 Å². The van der Waals surface area contributed by atoms with Crippen LogP contribution >= 0.6 is 0 Å². The van der Waals surface area contributed by atoms with Crippen LogP contribution in [0.3, 0.4) is 0 Å². The summed E-state index contributed by atoms with van der Waals surface area (Å²) >= 11 is 0. The van der Waals surface area contributed by atoms with E-state index < -0.39 is 0 Å². The SMILES string of the molecule is CCOCC(C)NCC1(OC)CCOC1. The van der Waals surface area contributed by atoms with Crippen molar-refractivity contribution in [2.45, 2.75) is 31.9 Å². The van der Waals surface area contributed by atoms with Crippen molar-refractivity contribution in [2.75, 3.05) is 40.1 Å². The Bertz CT molecular complexity index is 169. The van der Waals surface area contributed by atoms with Crippen molar-refractivity contribution in [3.05, 3.63) is 0 Å². The highest BCUT2D eigenvalue weighted by Crippen LogP contribution is 2.21. The molecular weight excluding hydrogens is 194 g/mol. The molecule has 0 amide bonds. The number of rotatable bonds is 7. The van der Waals surface area contributed by atoms with Crippen molar-refractivity contribution in [2.24, 2.45) is 0 Å². The maximum Gasteiger partial charge on any atom is 0.106 e. The van der Waals surface area contributed by atoms with Crippen LogP contribution in [0.25, 0.3) is 0 Å². The van der Waals surface area contributed by atoms with Gasteiger partial charge in [-0.05, 0) is 13.8 Å². The number of hydrogen-bond donors (Lipinski definition) is 1. The van der Waals surface area contributed by atoms with Crippen LogP contribution in [-0.4, -0.2) is 51.7 Å². The van der Waals surface area contributed by atoms with Gasteiger partial charge in [-0.15, -0.1) is 0 Å². The molecule has 4 nitrogen and oxygen atoms in total. The Hall–Kier alpha value is -0.160. The molecule has 1 heterocycles. The fraction of sp³-hybridized carbons (Fsp3) is 1.00. The van der Waals surface area contributed by atoms with Crippen molar-refractivity contribution < 1.29 is 14.2 Å². The second-order valence-corrected chi connectivity index (χ2v) is 4.13. The van der Waals surface area contributed by atoms with Crippen LogP contribution in [0.5, 0.6) is 0 Å². The lowest BCUT2D eigenvalue weighted by atomic mass is 10.0. The van der Waals surface area contributed by atoms with Gasteiger partial charge >= 0.3 is 0 Å². The van der Waals surface area contributed by atoms with E-state index in [-0.39, 0.29) is 5.60 Å². The molecule has 90 valence electrons. The van der Waals surface area contributed by atoms with Crippen LogP contribution in [0.1, 0.15) is 20.3 Å². The average molecular weight is 217 g/mol. The van der Waals surface area contributed by atoms with Gasteiger partial charge in [0.05, 0.1) is 13.2 Å². The molecule has 1 aliphatic rings. The highest BCUT2D eigenvalue weighted by molar-refractivity contribution is 4.87. The molecule has 0 spiro atoms. The van der Waals surface area contributed by atoms with Crippen LogP contribution in [-0.2, 0) is 14.2 Å². The second kappa shape index (κ2) is 6.43. The molecule has 1 aliphatic heterocycles. The third kappa shape index (κ3) is 4.07. The third-order valence-electron chi connectivity index (χ3n) is 2.84. The summed E-state index contributed by atoms with van der Waals surface area (Å²) < 4.78 is 16.2. The molecule has 0 aromatic rings. The third-order valence-corrected chi connectivity index (χ3v) is 2.84. The van der Waals surface area contributed by atoms with Gasteiger partial charge in [0.1, 0.15) is 5.60 Å². The van der Waals surface area contributed by atoms with E-state index in [1.807, 2.05) is 6.92 Å². The number of hydrogen-bond acceptors (Lipinski definition) is 4. The lowest BCUT2D eigenvalue weighted by Gasteiger charge is -2.27. The second-order valence-electron chi connectivity index (χ2n) is 4.13. The van der Waals surface area contributed by atoms with Crippen LogP contribution < -0.4 is 5.32 Å². The molecule has 1 N–H and O–H groups in total. The number of nitrogens with one attached hydrogen (secondary N) is 1. The molecule has 1 saturated heterocycles. The van der Waals surface area contributed by atoms with Crippen molar-refractivity contribution in [1.82, 2.24) is 5.32 Å². The Kier molecular flexibility index (Phi) is 5.53. The molecule has 0 aromatic heterocycles. The van der Waals surface area contributed by atoms with Crippen molar-refractivity contribution in [1.29, 1.82) is 0 Å². The van der Waals surface area contributed by atoms with E-state index in [2.05, 4.69) is 12.2 Å². The first-order valence-electron chi connectivity index (χ1n) is 5.66. The smallest absolute Gasteiger partial charge is 0.106 e. The van der Waals surface area contributed by atoms with Crippen LogP contribution in [0.4, 0.5) is 0 Å². The molecular formula is C11H23NO3. The van der Waals surface area contributed by atoms with Crippen molar-refractivity contribution in [3.8, 4) is 0 Å². The summed E-state index contributed by atoms with van der Waals surface area (Å²) in [6, 6.07) is 0.359. The summed E-state index contributed by atoms with van der Waals surface area (Å²) in [4.78, 5) is 0. The molecule has 0 saturated carbocycles. The number of ether oxygens (including phenoxy) is 3. The van der Waals surface area contributed by atoms with Crippen LogP contribution in [0.2, 0.25) is 0 Å². The zero-order valence-corrected chi connectivity index (χ0v) is 10.0. The summed E-state index contributed by atoms with van der Waals surface area (Å²) in [6.45, 7) is 7.97. The maximum absolute atomic E-state index is 5.53. The molecule has 15 heavy (non-hydrogen) atoms. The minimum atomic E-state index is -0.125. The first-order chi connectivity index (χ1) is 7.22. The normalized spacial score (nSPS) is 28.2. The highest BCUT2D eigenvalue weighted by atomic mass is 16.5. The maximum atomic E-state index is 5.53. The van der Waals surface area contributed by atoms with Gasteiger partial charge < -0.3 is 19.5 Å². The highest BCUT2D eigenvalue weighted by Gasteiger charge is 2.34. The van der Waals surface area contributed by atoms with Gasteiger partial charge in [0.2, 0.25) is 0 Å². The average Bonchev–Trinajstić information content (AvgIpc) is 2.73. The lowest BCUT2D eigenvalue weighted by molar-refractivity contribution is -0.0191.